The first-order valence-corrected chi connectivity index (χ1v) is 7.78. The molecule has 2 aromatic heterocycles. The van der Waals surface area contributed by atoms with E-state index >= 15 is 0 Å². The molecule has 2 rings (SSSR count). The molecule has 19 heavy (non-hydrogen) atoms. The van der Waals surface area contributed by atoms with Crippen molar-refractivity contribution in [2.45, 2.75) is 45.7 Å². The van der Waals surface area contributed by atoms with E-state index in [4.69, 9.17) is 0 Å². The maximum absolute atomic E-state index is 4.67. The number of likely N-dealkylation sites (N-methyl/N-ethyl adjacent to an activating group) is 1. The fourth-order valence-electron chi connectivity index (χ4n) is 2.05. The molecule has 2 unspecified atom stereocenters. The van der Waals surface area contributed by atoms with Gasteiger partial charge in [0.15, 0.2) is 0 Å². The summed E-state index contributed by atoms with van der Waals surface area (Å²) in [7, 11) is 0. The molecule has 0 radical (unpaired) electrons. The second-order valence-electron chi connectivity index (χ2n) is 4.76. The number of rotatable bonds is 7. The van der Waals surface area contributed by atoms with Crippen LogP contribution in [0.1, 0.15) is 49.8 Å². The van der Waals surface area contributed by atoms with Crippen molar-refractivity contribution in [2.24, 2.45) is 0 Å². The topological polar surface area (TPSA) is 42.7 Å². The van der Waals surface area contributed by atoms with E-state index in [0.29, 0.717) is 12.1 Å². The third-order valence-electron chi connectivity index (χ3n) is 3.36. The van der Waals surface area contributed by atoms with Crippen molar-refractivity contribution in [1.29, 1.82) is 0 Å². The normalized spacial score (nSPS) is 14.5. The van der Waals surface area contributed by atoms with Crippen molar-refractivity contribution in [3.63, 3.8) is 0 Å². The average Bonchev–Trinajstić information content (AvgIpc) is 3.08. The zero-order valence-electron chi connectivity index (χ0n) is 11.8. The van der Waals surface area contributed by atoms with E-state index in [1.807, 2.05) is 11.7 Å². The highest BCUT2D eigenvalue weighted by Gasteiger charge is 2.15. The van der Waals surface area contributed by atoms with Gasteiger partial charge in [0.1, 0.15) is 0 Å². The van der Waals surface area contributed by atoms with E-state index in [9.17, 15) is 0 Å². The Morgan fingerprint density at radius 1 is 1.42 bits per heavy atom. The van der Waals surface area contributed by atoms with Gasteiger partial charge in [-0.3, -0.25) is 9.67 Å². The highest BCUT2D eigenvalue weighted by atomic mass is 32.1. The molecule has 0 amide bonds. The van der Waals surface area contributed by atoms with Crippen LogP contribution in [0.25, 0.3) is 0 Å². The van der Waals surface area contributed by atoms with Gasteiger partial charge in [0.05, 0.1) is 11.2 Å². The van der Waals surface area contributed by atoms with Crippen molar-refractivity contribution in [2.75, 3.05) is 6.54 Å². The van der Waals surface area contributed by atoms with Gasteiger partial charge in [0, 0.05) is 35.8 Å². The Labute approximate surface area is 118 Å². The quantitative estimate of drug-likeness (QED) is 0.845. The van der Waals surface area contributed by atoms with Crippen LogP contribution in [0.4, 0.5) is 0 Å². The Morgan fingerprint density at radius 2 is 2.26 bits per heavy atom. The maximum atomic E-state index is 4.67. The van der Waals surface area contributed by atoms with Gasteiger partial charge >= 0.3 is 0 Å². The molecule has 0 bridgehead atoms. The van der Waals surface area contributed by atoms with Crippen LogP contribution < -0.4 is 5.32 Å². The molecule has 5 heteroatoms. The molecule has 2 aromatic rings. The van der Waals surface area contributed by atoms with Crippen molar-refractivity contribution in [3.05, 3.63) is 34.5 Å². The molecule has 104 valence electrons. The summed E-state index contributed by atoms with van der Waals surface area (Å²) in [6, 6.07) is 2.91. The molecule has 0 aliphatic rings. The lowest BCUT2D eigenvalue weighted by molar-refractivity contribution is 0.467. The summed E-state index contributed by atoms with van der Waals surface area (Å²) >= 11 is 1.70. The lowest BCUT2D eigenvalue weighted by Gasteiger charge is -2.14. The Morgan fingerprint density at radius 3 is 2.89 bits per heavy atom. The van der Waals surface area contributed by atoms with Gasteiger partial charge in [0.25, 0.3) is 0 Å². The number of hydrogen-bond donors (Lipinski definition) is 1. The Balaban J connectivity index is 2.07. The summed E-state index contributed by atoms with van der Waals surface area (Å²) in [5, 5.41) is 8.18. The maximum Gasteiger partial charge on any atom is 0.0794 e. The van der Waals surface area contributed by atoms with E-state index in [1.165, 1.54) is 4.88 Å². The first-order valence-electron chi connectivity index (χ1n) is 6.90. The van der Waals surface area contributed by atoms with Gasteiger partial charge < -0.3 is 5.32 Å². The summed E-state index contributed by atoms with van der Waals surface area (Å²) in [5.41, 5.74) is 3.02. The summed E-state index contributed by atoms with van der Waals surface area (Å²) < 4.78 is 2.06. The SMILES string of the molecule is CCNC(Cc1ccn(C(C)CC)n1)c1cncs1. The molecule has 0 saturated heterocycles. The molecule has 0 aromatic carbocycles. The molecule has 0 fully saturated rings. The summed E-state index contributed by atoms with van der Waals surface area (Å²) in [5.74, 6) is 0. The molecule has 2 atom stereocenters. The van der Waals surface area contributed by atoms with E-state index in [1.54, 1.807) is 11.3 Å². The molecule has 1 N–H and O–H groups in total. The predicted molar refractivity (Wildman–Crippen MR) is 79.5 cm³/mol. The van der Waals surface area contributed by atoms with Crippen LogP contribution in [-0.2, 0) is 6.42 Å². The number of thiazole rings is 1. The van der Waals surface area contributed by atoms with E-state index in [-0.39, 0.29) is 0 Å². The molecular formula is C14H22N4S. The fourth-order valence-corrected chi connectivity index (χ4v) is 2.74. The Kier molecular flexibility index (Phi) is 5.10. The van der Waals surface area contributed by atoms with Gasteiger partial charge in [-0.05, 0) is 26.0 Å². The number of nitrogens with zero attached hydrogens (tertiary/aromatic N) is 3. The zero-order chi connectivity index (χ0) is 13.7. The molecule has 0 saturated carbocycles. The molecule has 0 spiro atoms. The number of aromatic nitrogens is 3. The van der Waals surface area contributed by atoms with Crippen LogP contribution in [0.3, 0.4) is 0 Å². The number of hydrogen-bond acceptors (Lipinski definition) is 4. The van der Waals surface area contributed by atoms with Crippen LogP contribution in [0.2, 0.25) is 0 Å². The van der Waals surface area contributed by atoms with E-state index in [0.717, 1.165) is 25.1 Å². The first kappa shape index (κ1) is 14.2. The molecule has 2 heterocycles. The highest BCUT2D eigenvalue weighted by molar-refractivity contribution is 7.09. The van der Waals surface area contributed by atoms with Crippen molar-refractivity contribution in [1.82, 2.24) is 20.1 Å². The Hall–Kier alpha value is -1.20. The first-order chi connectivity index (χ1) is 9.24. The smallest absolute Gasteiger partial charge is 0.0794 e. The van der Waals surface area contributed by atoms with Gasteiger partial charge in [0.2, 0.25) is 0 Å². The van der Waals surface area contributed by atoms with Gasteiger partial charge in [-0.2, -0.15) is 5.10 Å². The summed E-state index contributed by atoms with van der Waals surface area (Å²) in [6.07, 6.45) is 6.05. The van der Waals surface area contributed by atoms with E-state index in [2.05, 4.69) is 53.1 Å². The van der Waals surface area contributed by atoms with E-state index < -0.39 is 0 Å². The third-order valence-corrected chi connectivity index (χ3v) is 4.25. The Bertz CT molecular complexity index is 477. The van der Waals surface area contributed by atoms with Crippen molar-refractivity contribution >= 4 is 11.3 Å². The van der Waals surface area contributed by atoms with Gasteiger partial charge in [-0.25, -0.2) is 0 Å². The monoisotopic (exact) mass is 278 g/mol. The van der Waals surface area contributed by atoms with Crippen LogP contribution in [0, 0.1) is 0 Å². The second kappa shape index (κ2) is 6.82. The highest BCUT2D eigenvalue weighted by Crippen LogP contribution is 2.21. The summed E-state index contributed by atoms with van der Waals surface area (Å²) in [6.45, 7) is 7.47. The fraction of sp³-hybridized carbons (Fsp3) is 0.571. The zero-order valence-corrected chi connectivity index (χ0v) is 12.7. The van der Waals surface area contributed by atoms with Gasteiger partial charge in [-0.15, -0.1) is 11.3 Å². The lowest BCUT2D eigenvalue weighted by atomic mass is 10.1. The second-order valence-corrected chi connectivity index (χ2v) is 5.68. The number of nitrogens with one attached hydrogen (secondary N) is 1. The minimum Gasteiger partial charge on any atom is -0.309 e. The largest absolute Gasteiger partial charge is 0.309 e. The molecular weight excluding hydrogens is 256 g/mol. The van der Waals surface area contributed by atoms with Gasteiger partial charge in [-0.1, -0.05) is 13.8 Å². The molecule has 4 nitrogen and oxygen atoms in total. The minimum absolute atomic E-state index is 0.317. The lowest BCUT2D eigenvalue weighted by Crippen LogP contribution is -2.22. The third kappa shape index (κ3) is 3.64. The van der Waals surface area contributed by atoms with Crippen molar-refractivity contribution < 1.29 is 0 Å². The standard InChI is InChI=1S/C14H22N4S/c1-4-11(3)18-7-6-12(17-18)8-13(16-5-2)14-9-15-10-19-14/h6-7,9-11,13,16H,4-5,8H2,1-3H3. The summed E-state index contributed by atoms with van der Waals surface area (Å²) in [4.78, 5) is 5.44. The molecule has 0 aliphatic carbocycles. The van der Waals surface area contributed by atoms with Crippen LogP contribution in [0.15, 0.2) is 24.0 Å². The van der Waals surface area contributed by atoms with Crippen LogP contribution in [-0.4, -0.2) is 21.3 Å². The minimum atomic E-state index is 0.317. The van der Waals surface area contributed by atoms with Crippen LogP contribution >= 0.6 is 11.3 Å². The predicted octanol–water partition coefficient (Wildman–Crippen LogP) is 3.20. The van der Waals surface area contributed by atoms with Crippen molar-refractivity contribution in [3.8, 4) is 0 Å². The van der Waals surface area contributed by atoms with Crippen LogP contribution in [0.5, 0.6) is 0 Å². The molecule has 0 aliphatic heterocycles. The average molecular weight is 278 g/mol.